The molecule has 3 aromatic rings. The molecular formula is C10H9N5S. The number of nitrogens with two attached hydrogens (primary N) is 1. The van der Waals surface area contributed by atoms with Gasteiger partial charge in [-0.25, -0.2) is 4.98 Å². The van der Waals surface area contributed by atoms with Gasteiger partial charge in [0.25, 0.3) is 0 Å². The topological polar surface area (TPSA) is 80.5 Å². The Morgan fingerprint density at radius 1 is 1.25 bits per heavy atom. The normalized spacial score (nSPS) is 11.0. The molecule has 3 N–H and O–H groups in total. The molecule has 16 heavy (non-hydrogen) atoms. The Morgan fingerprint density at radius 2 is 2.19 bits per heavy atom. The summed E-state index contributed by atoms with van der Waals surface area (Å²) >= 11 is 1.62. The van der Waals surface area contributed by atoms with Crippen molar-refractivity contribution in [2.24, 2.45) is 0 Å². The number of fused-ring (bicyclic) bond motifs is 1. The summed E-state index contributed by atoms with van der Waals surface area (Å²) in [5, 5.41) is 10.1. The van der Waals surface area contributed by atoms with Crippen molar-refractivity contribution < 1.29 is 0 Å². The van der Waals surface area contributed by atoms with Crippen molar-refractivity contribution in [2.75, 3.05) is 5.73 Å². The number of pyridine rings is 1. The maximum Gasteiger partial charge on any atom is 0.134 e. The number of rotatable bonds is 2. The van der Waals surface area contributed by atoms with Gasteiger partial charge >= 0.3 is 0 Å². The van der Waals surface area contributed by atoms with Crippen LogP contribution in [0.1, 0.15) is 10.7 Å². The highest BCUT2D eigenvalue weighted by atomic mass is 32.1. The average Bonchev–Trinajstić information content (AvgIpc) is 2.90. The maximum absolute atomic E-state index is 5.81. The van der Waals surface area contributed by atoms with Crippen molar-refractivity contribution in [1.29, 1.82) is 0 Å². The number of nitrogens with one attached hydrogen (secondary N) is 1. The van der Waals surface area contributed by atoms with E-state index in [1.165, 1.54) is 0 Å². The van der Waals surface area contributed by atoms with Gasteiger partial charge in [0.1, 0.15) is 11.0 Å². The van der Waals surface area contributed by atoms with Crippen LogP contribution in [-0.4, -0.2) is 20.2 Å². The maximum atomic E-state index is 5.81. The molecule has 5 nitrogen and oxygen atoms in total. The number of aromatic nitrogens is 4. The predicted octanol–water partition coefficient (Wildman–Crippen LogP) is 1.59. The lowest BCUT2D eigenvalue weighted by molar-refractivity contribution is 0.998. The van der Waals surface area contributed by atoms with Crippen LogP contribution in [-0.2, 0) is 6.42 Å². The number of H-pyrrole nitrogens is 1. The largest absolute Gasteiger partial charge is 0.397 e. The van der Waals surface area contributed by atoms with Gasteiger partial charge in [-0.3, -0.25) is 10.1 Å². The number of thiazole rings is 1. The minimum Gasteiger partial charge on any atom is -0.397 e. The lowest BCUT2D eigenvalue weighted by Crippen LogP contribution is -1.90. The van der Waals surface area contributed by atoms with Gasteiger partial charge in [-0.2, -0.15) is 5.10 Å². The van der Waals surface area contributed by atoms with Crippen molar-refractivity contribution in [3.05, 3.63) is 34.5 Å². The number of hydrogen-bond acceptors (Lipinski definition) is 5. The summed E-state index contributed by atoms with van der Waals surface area (Å²) in [4.78, 5) is 8.52. The Balaban J connectivity index is 2.08. The number of aromatic amines is 1. The van der Waals surface area contributed by atoms with Crippen molar-refractivity contribution in [2.45, 2.75) is 6.42 Å². The van der Waals surface area contributed by atoms with E-state index in [-0.39, 0.29) is 0 Å². The van der Waals surface area contributed by atoms with Crippen LogP contribution in [0.4, 0.5) is 5.69 Å². The van der Waals surface area contributed by atoms with Crippen molar-refractivity contribution >= 4 is 28.1 Å². The van der Waals surface area contributed by atoms with Gasteiger partial charge in [0, 0.05) is 24.2 Å². The van der Waals surface area contributed by atoms with Gasteiger partial charge in [0.15, 0.2) is 0 Å². The Bertz CT molecular complexity index is 613. The SMILES string of the molecule is Nc1ccnc2c(Cc3nccs3)[nH]nc12. The van der Waals surface area contributed by atoms with Crippen LogP contribution >= 0.6 is 11.3 Å². The zero-order valence-electron chi connectivity index (χ0n) is 8.34. The second-order valence-corrected chi connectivity index (χ2v) is 4.38. The van der Waals surface area contributed by atoms with Crippen molar-refractivity contribution in [3.63, 3.8) is 0 Å². The Hall–Kier alpha value is -1.95. The Kier molecular flexibility index (Phi) is 2.07. The van der Waals surface area contributed by atoms with E-state index in [0.29, 0.717) is 12.1 Å². The average molecular weight is 231 g/mol. The third kappa shape index (κ3) is 1.43. The van der Waals surface area contributed by atoms with Gasteiger partial charge < -0.3 is 5.73 Å². The lowest BCUT2D eigenvalue weighted by atomic mass is 10.2. The van der Waals surface area contributed by atoms with E-state index >= 15 is 0 Å². The van der Waals surface area contributed by atoms with E-state index in [9.17, 15) is 0 Å². The van der Waals surface area contributed by atoms with Gasteiger partial charge in [-0.05, 0) is 6.07 Å². The van der Waals surface area contributed by atoms with Gasteiger partial charge in [-0.1, -0.05) is 0 Å². The van der Waals surface area contributed by atoms with Crippen LogP contribution < -0.4 is 5.73 Å². The highest BCUT2D eigenvalue weighted by Crippen LogP contribution is 2.21. The molecule has 0 aromatic carbocycles. The van der Waals surface area contributed by atoms with E-state index in [1.54, 1.807) is 29.8 Å². The molecule has 3 rings (SSSR count). The molecule has 0 aliphatic carbocycles. The molecule has 6 heteroatoms. The summed E-state index contributed by atoms with van der Waals surface area (Å²) in [7, 11) is 0. The number of nitrogens with zero attached hydrogens (tertiary/aromatic N) is 3. The molecule has 0 saturated heterocycles. The molecule has 0 atom stereocenters. The van der Waals surface area contributed by atoms with Crippen LogP contribution in [0.15, 0.2) is 23.8 Å². The summed E-state index contributed by atoms with van der Waals surface area (Å²) in [6.45, 7) is 0. The number of hydrogen-bond donors (Lipinski definition) is 2. The molecule has 0 unspecified atom stereocenters. The van der Waals surface area contributed by atoms with E-state index in [1.807, 2.05) is 5.38 Å². The third-order valence-corrected chi connectivity index (χ3v) is 3.14. The minimum atomic E-state index is 0.645. The highest BCUT2D eigenvalue weighted by molar-refractivity contribution is 7.09. The molecule has 3 aromatic heterocycles. The molecule has 0 aliphatic rings. The van der Waals surface area contributed by atoms with Crippen LogP contribution in [0.3, 0.4) is 0 Å². The highest BCUT2D eigenvalue weighted by Gasteiger charge is 2.10. The van der Waals surface area contributed by atoms with E-state index < -0.39 is 0 Å². The van der Waals surface area contributed by atoms with Crippen molar-refractivity contribution in [3.8, 4) is 0 Å². The molecule has 0 radical (unpaired) electrons. The summed E-state index contributed by atoms with van der Waals surface area (Å²) < 4.78 is 0. The van der Waals surface area contributed by atoms with Crippen LogP contribution in [0.2, 0.25) is 0 Å². The third-order valence-electron chi connectivity index (χ3n) is 2.36. The summed E-state index contributed by atoms with van der Waals surface area (Å²) in [5.74, 6) is 0. The smallest absolute Gasteiger partial charge is 0.134 e. The fourth-order valence-corrected chi connectivity index (χ4v) is 2.23. The Morgan fingerprint density at radius 3 is 3.00 bits per heavy atom. The standard InChI is InChI=1S/C10H9N5S/c11-6-1-2-13-10-7(14-15-9(6)10)5-8-12-3-4-16-8/h1-4H,5H2,(H2,11,13)(H,14,15). The van der Waals surface area contributed by atoms with Gasteiger partial charge in [-0.15, -0.1) is 11.3 Å². The molecule has 0 aliphatic heterocycles. The molecule has 0 amide bonds. The molecule has 0 fully saturated rings. The van der Waals surface area contributed by atoms with Crippen molar-refractivity contribution in [1.82, 2.24) is 20.2 Å². The summed E-state index contributed by atoms with van der Waals surface area (Å²) in [5.41, 5.74) is 8.97. The van der Waals surface area contributed by atoms with Gasteiger partial charge in [0.2, 0.25) is 0 Å². The Labute approximate surface area is 95.4 Å². The molecular weight excluding hydrogens is 222 g/mol. The molecule has 0 spiro atoms. The first-order chi connectivity index (χ1) is 7.84. The second-order valence-electron chi connectivity index (χ2n) is 3.40. The quantitative estimate of drug-likeness (QED) is 0.701. The minimum absolute atomic E-state index is 0.645. The number of nitrogen functional groups attached to an aromatic ring is 1. The zero-order chi connectivity index (χ0) is 11.0. The van der Waals surface area contributed by atoms with Crippen LogP contribution in [0, 0.1) is 0 Å². The number of anilines is 1. The molecule has 3 heterocycles. The lowest BCUT2D eigenvalue weighted by Gasteiger charge is -1.95. The van der Waals surface area contributed by atoms with Gasteiger partial charge in [0.05, 0.1) is 16.4 Å². The molecule has 80 valence electrons. The first kappa shape index (κ1) is 9.29. The monoisotopic (exact) mass is 231 g/mol. The first-order valence-corrected chi connectivity index (χ1v) is 5.68. The summed E-state index contributed by atoms with van der Waals surface area (Å²) in [6, 6.07) is 1.75. The fourth-order valence-electron chi connectivity index (χ4n) is 1.60. The fraction of sp³-hybridized carbons (Fsp3) is 0.100. The molecule has 0 saturated carbocycles. The van der Waals surface area contributed by atoms with Crippen LogP contribution in [0.5, 0.6) is 0 Å². The second kappa shape index (κ2) is 3.57. The first-order valence-electron chi connectivity index (χ1n) is 4.80. The van der Waals surface area contributed by atoms with E-state index in [2.05, 4.69) is 20.2 Å². The summed E-state index contributed by atoms with van der Waals surface area (Å²) in [6.07, 6.45) is 4.20. The van der Waals surface area contributed by atoms with E-state index in [0.717, 1.165) is 21.7 Å². The predicted molar refractivity (Wildman–Crippen MR) is 63.2 cm³/mol. The zero-order valence-corrected chi connectivity index (χ0v) is 9.16. The van der Waals surface area contributed by atoms with Crippen LogP contribution in [0.25, 0.3) is 11.0 Å². The molecule has 0 bridgehead atoms. The van der Waals surface area contributed by atoms with E-state index in [4.69, 9.17) is 5.73 Å².